The van der Waals surface area contributed by atoms with Crippen LogP contribution < -0.4 is 5.32 Å². The quantitative estimate of drug-likeness (QED) is 0.607. The first kappa shape index (κ1) is 11.0. The zero-order chi connectivity index (χ0) is 9.52. The van der Waals surface area contributed by atoms with Gasteiger partial charge in [0.2, 0.25) is 0 Å². The molecule has 0 bridgehead atoms. The first-order chi connectivity index (χ1) is 6.36. The monoisotopic (exact) mass is 187 g/mol. The van der Waals surface area contributed by atoms with Crippen LogP contribution in [0.15, 0.2) is 0 Å². The van der Waals surface area contributed by atoms with Crippen LogP contribution in [0.1, 0.15) is 26.7 Å². The summed E-state index contributed by atoms with van der Waals surface area (Å²) >= 11 is 0. The third-order valence-corrected chi connectivity index (χ3v) is 2.48. The number of rotatable bonds is 7. The van der Waals surface area contributed by atoms with Gasteiger partial charge in [0.15, 0.2) is 0 Å². The third-order valence-electron chi connectivity index (χ3n) is 2.48. The Morgan fingerprint density at radius 2 is 2.08 bits per heavy atom. The molecule has 1 saturated heterocycles. The van der Waals surface area contributed by atoms with E-state index in [1.54, 1.807) is 0 Å². The highest BCUT2D eigenvalue weighted by Crippen LogP contribution is 2.04. The molecule has 0 amide bonds. The zero-order valence-electron chi connectivity index (χ0n) is 8.71. The predicted octanol–water partition coefficient (Wildman–Crippen LogP) is 1.18. The standard InChI is InChI=1S/C10H21NO2/c1-3-9(4-2)11-5-6-13-10-7-12-8-10/h9-11H,3-8H2,1-2H3. The van der Waals surface area contributed by atoms with Gasteiger partial charge in [-0.1, -0.05) is 13.8 Å². The van der Waals surface area contributed by atoms with Crippen LogP contribution in [-0.2, 0) is 9.47 Å². The van der Waals surface area contributed by atoms with Crippen LogP contribution in [0.4, 0.5) is 0 Å². The molecule has 1 fully saturated rings. The van der Waals surface area contributed by atoms with Crippen LogP contribution in [0, 0.1) is 0 Å². The van der Waals surface area contributed by atoms with Crippen LogP contribution in [0.5, 0.6) is 0 Å². The van der Waals surface area contributed by atoms with E-state index in [1.165, 1.54) is 12.8 Å². The fraction of sp³-hybridized carbons (Fsp3) is 1.00. The Labute approximate surface area is 80.8 Å². The van der Waals surface area contributed by atoms with E-state index in [4.69, 9.17) is 9.47 Å². The Morgan fingerprint density at radius 3 is 2.54 bits per heavy atom. The van der Waals surface area contributed by atoms with Gasteiger partial charge in [0, 0.05) is 12.6 Å². The van der Waals surface area contributed by atoms with Gasteiger partial charge in [-0.2, -0.15) is 0 Å². The van der Waals surface area contributed by atoms with E-state index >= 15 is 0 Å². The van der Waals surface area contributed by atoms with Gasteiger partial charge < -0.3 is 14.8 Å². The molecule has 13 heavy (non-hydrogen) atoms. The molecule has 0 spiro atoms. The average molecular weight is 187 g/mol. The van der Waals surface area contributed by atoms with Crippen molar-refractivity contribution in [1.82, 2.24) is 5.32 Å². The van der Waals surface area contributed by atoms with Crippen molar-refractivity contribution in [2.45, 2.75) is 38.8 Å². The summed E-state index contributed by atoms with van der Waals surface area (Å²) in [7, 11) is 0. The summed E-state index contributed by atoms with van der Waals surface area (Å²) < 4.78 is 10.5. The zero-order valence-corrected chi connectivity index (χ0v) is 8.71. The molecular weight excluding hydrogens is 166 g/mol. The van der Waals surface area contributed by atoms with Gasteiger partial charge in [-0.05, 0) is 12.8 Å². The van der Waals surface area contributed by atoms with Gasteiger partial charge in [-0.25, -0.2) is 0 Å². The summed E-state index contributed by atoms with van der Waals surface area (Å²) in [6.45, 7) is 7.76. The Morgan fingerprint density at radius 1 is 1.38 bits per heavy atom. The second kappa shape index (κ2) is 6.35. The lowest BCUT2D eigenvalue weighted by atomic mass is 10.2. The molecule has 1 aliphatic rings. The number of nitrogens with one attached hydrogen (secondary N) is 1. The second-order valence-corrected chi connectivity index (χ2v) is 3.50. The Kier molecular flexibility index (Phi) is 5.35. The van der Waals surface area contributed by atoms with Gasteiger partial charge in [0.25, 0.3) is 0 Å². The molecule has 0 unspecified atom stereocenters. The lowest BCUT2D eigenvalue weighted by molar-refractivity contribution is -0.128. The minimum Gasteiger partial charge on any atom is -0.376 e. The maximum Gasteiger partial charge on any atom is 0.104 e. The van der Waals surface area contributed by atoms with E-state index in [9.17, 15) is 0 Å². The van der Waals surface area contributed by atoms with Gasteiger partial charge in [-0.15, -0.1) is 0 Å². The minimum atomic E-state index is 0.364. The number of hydrogen-bond acceptors (Lipinski definition) is 3. The van der Waals surface area contributed by atoms with Crippen molar-refractivity contribution in [1.29, 1.82) is 0 Å². The predicted molar refractivity (Wildman–Crippen MR) is 52.9 cm³/mol. The van der Waals surface area contributed by atoms with Crippen molar-refractivity contribution in [2.24, 2.45) is 0 Å². The minimum absolute atomic E-state index is 0.364. The molecular formula is C10H21NO2. The summed E-state index contributed by atoms with van der Waals surface area (Å²) in [5.74, 6) is 0. The van der Waals surface area contributed by atoms with Crippen LogP contribution in [0.2, 0.25) is 0 Å². The molecule has 0 aromatic carbocycles. The normalized spacial score (nSPS) is 17.8. The van der Waals surface area contributed by atoms with Crippen molar-refractivity contribution in [3.63, 3.8) is 0 Å². The van der Waals surface area contributed by atoms with Crippen molar-refractivity contribution < 1.29 is 9.47 Å². The van der Waals surface area contributed by atoms with Gasteiger partial charge >= 0.3 is 0 Å². The van der Waals surface area contributed by atoms with Crippen LogP contribution in [0.3, 0.4) is 0 Å². The first-order valence-electron chi connectivity index (χ1n) is 5.29. The van der Waals surface area contributed by atoms with E-state index in [-0.39, 0.29) is 0 Å². The van der Waals surface area contributed by atoms with E-state index in [0.717, 1.165) is 26.4 Å². The van der Waals surface area contributed by atoms with E-state index in [1.807, 2.05) is 0 Å². The molecule has 1 N–H and O–H groups in total. The van der Waals surface area contributed by atoms with Gasteiger partial charge in [0.1, 0.15) is 6.10 Å². The highest BCUT2D eigenvalue weighted by Gasteiger charge is 2.18. The van der Waals surface area contributed by atoms with Crippen molar-refractivity contribution in [3.05, 3.63) is 0 Å². The molecule has 0 aromatic heterocycles. The van der Waals surface area contributed by atoms with Gasteiger partial charge in [0.05, 0.1) is 19.8 Å². The maximum absolute atomic E-state index is 5.53. The topological polar surface area (TPSA) is 30.5 Å². The van der Waals surface area contributed by atoms with Crippen molar-refractivity contribution >= 4 is 0 Å². The van der Waals surface area contributed by atoms with E-state index < -0.39 is 0 Å². The summed E-state index contributed by atoms with van der Waals surface area (Å²) in [5, 5.41) is 3.46. The Bertz CT molecular complexity index is 122. The maximum atomic E-state index is 5.53. The molecule has 3 nitrogen and oxygen atoms in total. The summed E-state index contributed by atoms with van der Waals surface area (Å²) in [6.07, 6.45) is 2.76. The second-order valence-electron chi connectivity index (χ2n) is 3.50. The number of ether oxygens (including phenoxy) is 2. The lowest BCUT2D eigenvalue weighted by Gasteiger charge is -2.26. The molecule has 0 aliphatic carbocycles. The largest absolute Gasteiger partial charge is 0.376 e. The molecule has 0 radical (unpaired) electrons. The molecule has 0 atom stereocenters. The van der Waals surface area contributed by atoms with E-state index in [0.29, 0.717) is 12.1 Å². The molecule has 1 heterocycles. The smallest absolute Gasteiger partial charge is 0.104 e. The van der Waals surface area contributed by atoms with Crippen molar-refractivity contribution in [2.75, 3.05) is 26.4 Å². The molecule has 3 heteroatoms. The van der Waals surface area contributed by atoms with Crippen LogP contribution in [0.25, 0.3) is 0 Å². The summed E-state index contributed by atoms with van der Waals surface area (Å²) in [4.78, 5) is 0. The first-order valence-corrected chi connectivity index (χ1v) is 5.29. The average Bonchev–Trinajstić information content (AvgIpc) is 2.08. The highest BCUT2D eigenvalue weighted by molar-refractivity contribution is 4.65. The SMILES string of the molecule is CCC(CC)NCCOC1COC1. The fourth-order valence-electron chi connectivity index (χ4n) is 1.38. The Hall–Kier alpha value is -0.120. The van der Waals surface area contributed by atoms with Crippen LogP contribution >= 0.6 is 0 Å². The molecule has 0 aromatic rings. The fourth-order valence-corrected chi connectivity index (χ4v) is 1.38. The van der Waals surface area contributed by atoms with Crippen molar-refractivity contribution in [3.8, 4) is 0 Å². The lowest BCUT2D eigenvalue weighted by Crippen LogP contribution is -2.39. The summed E-state index contributed by atoms with van der Waals surface area (Å²) in [6, 6.07) is 0.654. The summed E-state index contributed by atoms with van der Waals surface area (Å²) in [5.41, 5.74) is 0. The Balaban J connectivity index is 1.87. The molecule has 1 rings (SSSR count). The molecule has 1 aliphatic heterocycles. The third kappa shape index (κ3) is 4.07. The van der Waals surface area contributed by atoms with Gasteiger partial charge in [-0.3, -0.25) is 0 Å². The van der Waals surface area contributed by atoms with Crippen LogP contribution in [-0.4, -0.2) is 38.5 Å². The highest BCUT2D eigenvalue weighted by atomic mass is 16.6. The van der Waals surface area contributed by atoms with E-state index in [2.05, 4.69) is 19.2 Å². The molecule has 0 saturated carbocycles. The molecule has 78 valence electrons. The number of hydrogen-bond donors (Lipinski definition) is 1.